The van der Waals surface area contributed by atoms with Crippen molar-refractivity contribution in [3.63, 3.8) is 0 Å². The zero-order valence-electron chi connectivity index (χ0n) is 15.9. The van der Waals surface area contributed by atoms with Crippen molar-refractivity contribution in [2.45, 2.75) is 12.8 Å². The average molecular weight is 355 g/mol. The number of piperidine rings is 1. The Balaban J connectivity index is 1.61. The highest BCUT2D eigenvalue weighted by molar-refractivity contribution is 5.91. The first-order valence-corrected chi connectivity index (χ1v) is 9.69. The van der Waals surface area contributed by atoms with Gasteiger partial charge in [-0.15, -0.1) is 0 Å². The summed E-state index contributed by atoms with van der Waals surface area (Å²) in [4.78, 5) is 16.8. The van der Waals surface area contributed by atoms with Crippen LogP contribution in [0.25, 0.3) is 10.9 Å². The van der Waals surface area contributed by atoms with Gasteiger partial charge in [0, 0.05) is 50.4 Å². The molecule has 2 aliphatic heterocycles. The molecule has 0 unspecified atom stereocenters. The van der Waals surface area contributed by atoms with E-state index in [0.29, 0.717) is 0 Å². The first kappa shape index (κ1) is 17.5. The van der Waals surface area contributed by atoms with Crippen LogP contribution >= 0.6 is 0 Å². The second kappa shape index (κ2) is 7.76. The molecule has 0 radical (unpaired) electrons. The molecule has 6 nitrogen and oxygen atoms in total. The van der Waals surface area contributed by atoms with Crippen LogP contribution in [0.15, 0.2) is 24.4 Å². The minimum absolute atomic E-state index is 0.771. The molecule has 0 amide bonds. The predicted molar refractivity (Wildman–Crippen MR) is 106 cm³/mol. The Morgan fingerprint density at radius 3 is 2.62 bits per heavy atom. The molecule has 6 heteroatoms. The summed E-state index contributed by atoms with van der Waals surface area (Å²) in [5.41, 5.74) is 1.04. The maximum Gasteiger partial charge on any atom is 0.140 e. The number of hydrogen-bond acceptors (Lipinski definition) is 6. The molecule has 2 aliphatic rings. The van der Waals surface area contributed by atoms with Gasteiger partial charge >= 0.3 is 0 Å². The number of pyridine rings is 2. The second-order valence-electron chi connectivity index (χ2n) is 7.67. The number of morpholine rings is 1. The Hall–Kier alpha value is -1.92. The molecular weight excluding hydrogens is 326 g/mol. The third-order valence-corrected chi connectivity index (χ3v) is 5.44. The quantitative estimate of drug-likeness (QED) is 0.838. The molecular formula is C20H29N5O. The highest BCUT2D eigenvalue weighted by Gasteiger charge is 2.23. The Bertz CT molecular complexity index is 736. The summed E-state index contributed by atoms with van der Waals surface area (Å²) in [7, 11) is 4.33. The molecule has 0 spiro atoms. The summed E-state index contributed by atoms with van der Waals surface area (Å²) < 4.78 is 5.50. The van der Waals surface area contributed by atoms with Crippen molar-refractivity contribution in [2.75, 3.05) is 69.8 Å². The van der Waals surface area contributed by atoms with E-state index in [4.69, 9.17) is 9.72 Å². The van der Waals surface area contributed by atoms with Gasteiger partial charge in [0.05, 0.1) is 18.7 Å². The second-order valence-corrected chi connectivity index (χ2v) is 7.67. The van der Waals surface area contributed by atoms with Gasteiger partial charge in [-0.3, -0.25) is 4.98 Å². The van der Waals surface area contributed by atoms with E-state index in [-0.39, 0.29) is 0 Å². The van der Waals surface area contributed by atoms with Gasteiger partial charge in [-0.2, -0.15) is 0 Å². The normalized spacial score (nSPS) is 19.5. The summed E-state index contributed by atoms with van der Waals surface area (Å²) in [5, 5.41) is 1.16. The predicted octanol–water partition coefficient (Wildman–Crippen LogP) is 2.24. The van der Waals surface area contributed by atoms with E-state index in [1.54, 1.807) is 0 Å². The van der Waals surface area contributed by atoms with Crippen LogP contribution in [0.5, 0.6) is 0 Å². The van der Waals surface area contributed by atoms with E-state index in [1.807, 2.05) is 12.3 Å². The molecule has 0 aromatic carbocycles. The molecule has 0 aliphatic carbocycles. The van der Waals surface area contributed by atoms with E-state index >= 15 is 0 Å². The van der Waals surface area contributed by atoms with Gasteiger partial charge in [0.2, 0.25) is 0 Å². The molecule has 4 rings (SSSR count). The lowest BCUT2D eigenvalue weighted by Crippen LogP contribution is -2.39. The van der Waals surface area contributed by atoms with Crippen molar-refractivity contribution in [3.05, 3.63) is 24.4 Å². The van der Waals surface area contributed by atoms with Crippen molar-refractivity contribution in [2.24, 2.45) is 5.92 Å². The van der Waals surface area contributed by atoms with Gasteiger partial charge in [-0.25, -0.2) is 4.98 Å². The van der Waals surface area contributed by atoms with Gasteiger partial charge in [0.1, 0.15) is 11.6 Å². The maximum atomic E-state index is 5.50. The third kappa shape index (κ3) is 3.76. The van der Waals surface area contributed by atoms with Crippen molar-refractivity contribution < 1.29 is 4.74 Å². The van der Waals surface area contributed by atoms with Crippen LogP contribution in [-0.2, 0) is 4.74 Å². The molecule has 2 saturated heterocycles. The first-order chi connectivity index (χ1) is 12.7. The monoisotopic (exact) mass is 355 g/mol. The van der Waals surface area contributed by atoms with E-state index in [0.717, 1.165) is 67.8 Å². The molecule has 0 saturated carbocycles. The number of rotatable bonds is 4. The van der Waals surface area contributed by atoms with E-state index in [1.165, 1.54) is 19.4 Å². The minimum Gasteiger partial charge on any atom is -0.378 e. The zero-order chi connectivity index (χ0) is 17.9. The topological polar surface area (TPSA) is 44.7 Å². The number of hydrogen-bond donors (Lipinski definition) is 0. The van der Waals surface area contributed by atoms with Crippen LogP contribution in [0.3, 0.4) is 0 Å². The fourth-order valence-electron chi connectivity index (χ4n) is 4.08. The number of aromatic nitrogens is 2. The lowest BCUT2D eigenvalue weighted by Gasteiger charge is -2.35. The molecule has 26 heavy (non-hydrogen) atoms. The Morgan fingerprint density at radius 2 is 1.88 bits per heavy atom. The lowest BCUT2D eigenvalue weighted by atomic mass is 9.96. The van der Waals surface area contributed by atoms with Gasteiger partial charge < -0.3 is 19.4 Å². The summed E-state index contributed by atoms with van der Waals surface area (Å²) in [6.45, 7) is 6.66. The SMILES string of the molecule is CN(C)CC1CCN(c2nc(N3CCOCC3)cc3ncccc23)CC1. The summed E-state index contributed by atoms with van der Waals surface area (Å²) in [5.74, 6) is 2.92. The maximum absolute atomic E-state index is 5.50. The fraction of sp³-hybridized carbons (Fsp3) is 0.600. The largest absolute Gasteiger partial charge is 0.378 e. The van der Waals surface area contributed by atoms with Gasteiger partial charge in [0.25, 0.3) is 0 Å². The molecule has 0 N–H and O–H groups in total. The standard InChI is InChI=1S/C20H29N5O/c1-23(2)15-16-5-8-25(9-6-16)20-17-4-3-7-21-18(17)14-19(22-20)24-10-12-26-13-11-24/h3-4,7,14,16H,5-6,8-13,15H2,1-2H3. The molecule has 2 aromatic rings. The van der Waals surface area contributed by atoms with Crippen LogP contribution in [-0.4, -0.2) is 74.9 Å². The van der Waals surface area contributed by atoms with E-state index in [9.17, 15) is 0 Å². The Morgan fingerprint density at radius 1 is 1.12 bits per heavy atom. The number of fused-ring (bicyclic) bond motifs is 1. The van der Waals surface area contributed by atoms with Crippen LogP contribution in [0.2, 0.25) is 0 Å². The van der Waals surface area contributed by atoms with Crippen LogP contribution in [0.4, 0.5) is 11.6 Å². The highest BCUT2D eigenvalue weighted by Crippen LogP contribution is 2.31. The van der Waals surface area contributed by atoms with E-state index in [2.05, 4.69) is 45.9 Å². The van der Waals surface area contributed by atoms with Crippen molar-refractivity contribution in [1.29, 1.82) is 0 Å². The lowest BCUT2D eigenvalue weighted by molar-refractivity contribution is 0.122. The van der Waals surface area contributed by atoms with Gasteiger partial charge in [0.15, 0.2) is 0 Å². The van der Waals surface area contributed by atoms with Crippen LogP contribution < -0.4 is 9.80 Å². The van der Waals surface area contributed by atoms with E-state index < -0.39 is 0 Å². The Kier molecular flexibility index (Phi) is 5.22. The van der Waals surface area contributed by atoms with Crippen molar-refractivity contribution in [1.82, 2.24) is 14.9 Å². The summed E-state index contributed by atoms with van der Waals surface area (Å²) >= 11 is 0. The summed E-state index contributed by atoms with van der Waals surface area (Å²) in [6.07, 6.45) is 4.32. The number of nitrogens with zero attached hydrogens (tertiary/aromatic N) is 5. The molecule has 2 fully saturated rings. The first-order valence-electron chi connectivity index (χ1n) is 9.69. The molecule has 2 aromatic heterocycles. The highest BCUT2D eigenvalue weighted by atomic mass is 16.5. The smallest absolute Gasteiger partial charge is 0.140 e. The van der Waals surface area contributed by atoms with Crippen molar-refractivity contribution >= 4 is 22.5 Å². The van der Waals surface area contributed by atoms with Crippen LogP contribution in [0.1, 0.15) is 12.8 Å². The average Bonchev–Trinajstić information content (AvgIpc) is 2.68. The number of anilines is 2. The Labute approximate surface area is 155 Å². The fourth-order valence-corrected chi connectivity index (χ4v) is 4.08. The molecule has 0 bridgehead atoms. The molecule has 140 valence electrons. The number of ether oxygens (including phenoxy) is 1. The van der Waals surface area contributed by atoms with Crippen LogP contribution in [0, 0.1) is 5.92 Å². The van der Waals surface area contributed by atoms with Gasteiger partial charge in [-0.05, 0) is 45.0 Å². The molecule has 4 heterocycles. The van der Waals surface area contributed by atoms with Crippen molar-refractivity contribution in [3.8, 4) is 0 Å². The third-order valence-electron chi connectivity index (χ3n) is 5.44. The minimum atomic E-state index is 0.771. The van der Waals surface area contributed by atoms with Gasteiger partial charge in [-0.1, -0.05) is 0 Å². The zero-order valence-corrected chi connectivity index (χ0v) is 15.9. The summed E-state index contributed by atoms with van der Waals surface area (Å²) in [6, 6.07) is 6.29. The molecule has 0 atom stereocenters.